The van der Waals surface area contributed by atoms with Crippen molar-refractivity contribution in [3.63, 3.8) is 0 Å². The fourth-order valence-corrected chi connectivity index (χ4v) is 7.19. The Balaban J connectivity index is 0. The van der Waals surface area contributed by atoms with Gasteiger partial charge < -0.3 is 0 Å². The summed E-state index contributed by atoms with van der Waals surface area (Å²) in [5, 5.41) is 0. The predicted molar refractivity (Wildman–Crippen MR) is 141 cm³/mol. The van der Waals surface area contributed by atoms with Crippen molar-refractivity contribution < 1.29 is 0 Å². The summed E-state index contributed by atoms with van der Waals surface area (Å²) >= 11 is 0. The van der Waals surface area contributed by atoms with Gasteiger partial charge in [-0.3, -0.25) is 0 Å². The maximum atomic E-state index is 7.03. The van der Waals surface area contributed by atoms with Gasteiger partial charge in [-0.2, -0.15) is 0 Å². The van der Waals surface area contributed by atoms with E-state index in [1.807, 2.05) is 0 Å². The van der Waals surface area contributed by atoms with Crippen molar-refractivity contribution in [2.75, 3.05) is 18.5 Å². The molecule has 0 aromatic carbocycles. The lowest BCUT2D eigenvalue weighted by atomic mass is 10.1. The van der Waals surface area contributed by atoms with E-state index in [0.717, 1.165) is 0 Å². The van der Waals surface area contributed by atoms with Gasteiger partial charge in [-0.15, -0.1) is 24.0 Å². The summed E-state index contributed by atoms with van der Waals surface area (Å²) in [7, 11) is -1.14. The Morgan fingerprint density at radius 1 is 0.407 bits per heavy atom. The zero-order chi connectivity index (χ0) is 19.3. The first-order valence-corrected chi connectivity index (χ1v) is 14.7. The largest absolute Gasteiger partial charge is 0.205 e. The number of hydrogen-bond donors (Lipinski definition) is 1. The summed E-state index contributed by atoms with van der Waals surface area (Å²) in [6, 6.07) is 0. The van der Waals surface area contributed by atoms with Crippen LogP contribution in [0.1, 0.15) is 136 Å². The molecule has 0 aliphatic rings. The lowest BCUT2D eigenvalue weighted by Gasteiger charge is -2.23. The molecule has 0 bridgehead atoms. The molecule has 0 aromatic heterocycles. The molecule has 0 unspecified atom stereocenters. The highest BCUT2D eigenvalue weighted by Gasteiger charge is 2.30. The van der Waals surface area contributed by atoms with Crippen LogP contribution in [-0.4, -0.2) is 18.5 Å². The van der Waals surface area contributed by atoms with E-state index in [-0.39, 0.29) is 24.0 Å². The number of nitrogens with two attached hydrogens (primary N) is 1. The fraction of sp³-hybridized carbons (Fsp3) is 1.00. The van der Waals surface area contributed by atoms with Gasteiger partial charge in [-0.1, -0.05) is 97.8 Å². The smallest absolute Gasteiger partial charge is 0.0770 e. The molecule has 166 valence electrons. The fourth-order valence-electron chi connectivity index (χ4n) is 3.96. The maximum Gasteiger partial charge on any atom is 0.0770 e. The van der Waals surface area contributed by atoms with Crippen LogP contribution in [0.5, 0.6) is 0 Å². The average Bonchev–Trinajstić information content (AvgIpc) is 2.64. The van der Waals surface area contributed by atoms with Crippen LogP contribution in [-0.2, 0) is 0 Å². The highest BCUT2D eigenvalue weighted by Crippen LogP contribution is 2.53. The molecule has 0 amide bonds. The molecule has 0 spiro atoms. The van der Waals surface area contributed by atoms with E-state index in [2.05, 4.69) is 20.8 Å². The SMILES string of the molecule is CCCCCCCC[P+](N)(CCCCCCCC)CCCCCCCC.I. The van der Waals surface area contributed by atoms with Crippen molar-refractivity contribution >= 4 is 31.4 Å². The first-order chi connectivity index (χ1) is 12.7. The Labute approximate surface area is 191 Å². The summed E-state index contributed by atoms with van der Waals surface area (Å²) in [6.45, 7) is 6.91. The van der Waals surface area contributed by atoms with Crippen LogP contribution in [0.25, 0.3) is 0 Å². The van der Waals surface area contributed by atoms with Crippen molar-refractivity contribution in [1.29, 1.82) is 0 Å². The minimum atomic E-state index is -1.14. The molecule has 0 saturated heterocycles. The van der Waals surface area contributed by atoms with E-state index < -0.39 is 7.41 Å². The van der Waals surface area contributed by atoms with E-state index in [4.69, 9.17) is 5.50 Å². The van der Waals surface area contributed by atoms with Crippen molar-refractivity contribution in [3.8, 4) is 0 Å². The first-order valence-electron chi connectivity index (χ1n) is 12.3. The molecule has 27 heavy (non-hydrogen) atoms. The summed E-state index contributed by atoms with van der Waals surface area (Å²) in [5.74, 6) is 0. The zero-order valence-corrected chi connectivity index (χ0v) is 22.5. The monoisotopic (exact) mass is 514 g/mol. The van der Waals surface area contributed by atoms with Crippen LogP contribution in [0, 0.1) is 0 Å². The zero-order valence-electron chi connectivity index (χ0n) is 19.3. The van der Waals surface area contributed by atoms with E-state index in [1.54, 1.807) is 0 Å². The molecule has 0 aliphatic heterocycles. The second kappa shape index (κ2) is 23.4. The molecule has 0 radical (unpaired) electrons. The summed E-state index contributed by atoms with van der Waals surface area (Å²) in [4.78, 5) is 0. The maximum absolute atomic E-state index is 7.03. The minimum Gasteiger partial charge on any atom is -0.205 e. The highest BCUT2D eigenvalue weighted by atomic mass is 127. The van der Waals surface area contributed by atoms with Crippen molar-refractivity contribution in [2.45, 2.75) is 136 Å². The van der Waals surface area contributed by atoms with Gasteiger partial charge in [-0.05, 0) is 38.5 Å². The van der Waals surface area contributed by atoms with Gasteiger partial charge in [-0.25, -0.2) is 5.50 Å². The average molecular weight is 515 g/mol. The third-order valence-corrected chi connectivity index (χ3v) is 9.49. The minimum absolute atomic E-state index is 0. The molecule has 0 heterocycles. The van der Waals surface area contributed by atoms with Gasteiger partial charge >= 0.3 is 0 Å². The van der Waals surface area contributed by atoms with Crippen molar-refractivity contribution in [3.05, 3.63) is 0 Å². The molecule has 0 fully saturated rings. The standard InChI is InChI=1S/C24H53NP.HI/c1-4-7-10-13-16-19-22-26(25,23-20-17-14-11-8-5-2)24-21-18-15-12-9-6-3;/h4-25H2,1-3H3;1H/q+1;. The first kappa shape index (κ1) is 30.3. The molecular formula is C24H54INP+. The molecule has 0 atom stereocenters. The van der Waals surface area contributed by atoms with E-state index in [0.29, 0.717) is 0 Å². The van der Waals surface area contributed by atoms with Crippen LogP contribution in [0.4, 0.5) is 0 Å². The van der Waals surface area contributed by atoms with Gasteiger partial charge in [0.25, 0.3) is 0 Å². The van der Waals surface area contributed by atoms with Crippen LogP contribution >= 0.6 is 31.4 Å². The Hall–Kier alpha value is 1.12. The Kier molecular flexibility index (Phi) is 26.3. The van der Waals surface area contributed by atoms with Crippen LogP contribution < -0.4 is 5.50 Å². The van der Waals surface area contributed by atoms with E-state index in [9.17, 15) is 0 Å². The lowest BCUT2D eigenvalue weighted by molar-refractivity contribution is 0.615. The summed E-state index contributed by atoms with van der Waals surface area (Å²) < 4.78 is 0. The van der Waals surface area contributed by atoms with Crippen molar-refractivity contribution in [1.82, 2.24) is 0 Å². The van der Waals surface area contributed by atoms with E-state index in [1.165, 1.54) is 134 Å². The third-order valence-electron chi connectivity index (χ3n) is 5.87. The lowest BCUT2D eigenvalue weighted by Crippen LogP contribution is -2.17. The predicted octanol–water partition coefficient (Wildman–Crippen LogP) is 9.58. The van der Waals surface area contributed by atoms with E-state index >= 15 is 0 Å². The van der Waals surface area contributed by atoms with Crippen LogP contribution in [0.3, 0.4) is 0 Å². The molecule has 0 aromatic rings. The number of hydrogen-bond acceptors (Lipinski definition) is 1. The topological polar surface area (TPSA) is 26.0 Å². The number of rotatable bonds is 21. The second-order valence-electron chi connectivity index (χ2n) is 8.69. The molecule has 0 saturated carbocycles. The summed E-state index contributed by atoms with van der Waals surface area (Å²) in [6.07, 6.45) is 29.5. The molecule has 3 heteroatoms. The van der Waals surface area contributed by atoms with Gasteiger partial charge in [0, 0.05) is 0 Å². The second-order valence-corrected chi connectivity index (χ2v) is 12.5. The van der Waals surface area contributed by atoms with Gasteiger partial charge in [0.2, 0.25) is 0 Å². The van der Waals surface area contributed by atoms with Crippen LogP contribution in [0.2, 0.25) is 0 Å². The van der Waals surface area contributed by atoms with Gasteiger partial charge in [0.05, 0.1) is 25.9 Å². The molecule has 1 nitrogen and oxygen atoms in total. The molecule has 0 aliphatic carbocycles. The Morgan fingerprint density at radius 2 is 0.630 bits per heavy atom. The highest BCUT2D eigenvalue weighted by molar-refractivity contribution is 14.0. The Morgan fingerprint density at radius 3 is 0.889 bits per heavy atom. The van der Waals surface area contributed by atoms with Crippen LogP contribution in [0.15, 0.2) is 0 Å². The Bertz CT molecular complexity index is 232. The van der Waals surface area contributed by atoms with Gasteiger partial charge in [0.1, 0.15) is 0 Å². The van der Waals surface area contributed by atoms with Crippen molar-refractivity contribution in [2.24, 2.45) is 5.50 Å². The number of halogens is 1. The number of unbranched alkanes of at least 4 members (excludes halogenated alkanes) is 15. The molecular weight excluding hydrogens is 460 g/mol. The summed E-state index contributed by atoms with van der Waals surface area (Å²) in [5.41, 5.74) is 7.03. The molecule has 2 N–H and O–H groups in total. The third kappa shape index (κ3) is 21.6. The van der Waals surface area contributed by atoms with Gasteiger partial charge in [0.15, 0.2) is 0 Å². The normalized spacial score (nSPS) is 11.6. The quantitative estimate of drug-likeness (QED) is 0.0921. The molecule has 0 rings (SSSR count).